The maximum absolute atomic E-state index is 12.0. The van der Waals surface area contributed by atoms with Crippen molar-refractivity contribution in [3.05, 3.63) is 0 Å². The van der Waals surface area contributed by atoms with Crippen molar-refractivity contribution in [2.24, 2.45) is 0 Å². The topological polar surface area (TPSA) is 95.9 Å². The number of morpholine rings is 1. The van der Waals surface area contributed by atoms with E-state index in [-0.39, 0.29) is 24.7 Å². The van der Waals surface area contributed by atoms with Crippen molar-refractivity contribution in [3.63, 3.8) is 0 Å². The van der Waals surface area contributed by atoms with Gasteiger partial charge in [0.15, 0.2) is 0 Å². The van der Waals surface area contributed by atoms with Crippen LogP contribution in [0.25, 0.3) is 0 Å². The van der Waals surface area contributed by atoms with E-state index in [4.69, 9.17) is 9.84 Å². The van der Waals surface area contributed by atoms with E-state index in [9.17, 15) is 13.2 Å². The molecule has 0 unspecified atom stereocenters. The molecular weight excluding hydrogens is 284 g/mol. The van der Waals surface area contributed by atoms with Crippen LogP contribution < -0.4 is 5.32 Å². The second kappa shape index (κ2) is 9.28. The predicted molar refractivity (Wildman–Crippen MR) is 74.7 cm³/mol. The molecule has 1 saturated heterocycles. The van der Waals surface area contributed by atoms with Gasteiger partial charge in [-0.1, -0.05) is 0 Å². The van der Waals surface area contributed by atoms with E-state index in [1.54, 1.807) is 0 Å². The first kappa shape index (κ1) is 17.4. The fraction of sp³-hybridized carbons (Fsp3) is 0.917. The third kappa shape index (κ3) is 6.65. The zero-order valence-corrected chi connectivity index (χ0v) is 12.5. The van der Waals surface area contributed by atoms with Gasteiger partial charge in [0, 0.05) is 32.7 Å². The van der Waals surface area contributed by atoms with E-state index in [2.05, 4.69) is 5.32 Å². The van der Waals surface area contributed by atoms with Gasteiger partial charge in [0.25, 0.3) is 0 Å². The zero-order chi connectivity index (χ0) is 14.8. The third-order valence-corrected chi connectivity index (χ3v) is 4.98. The van der Waals surface area contributed by atoms with Gasteiger partial charge >= 0.3 is 0 Å². The quantitative estimate of drug-likeness (QED) is 0.550. The van der Waals surface area contributed by atoms with E-state index in [0.29, 0.717) is 32.8 Å². The van der Waals surface area contributed by atoms with Crippen molar-refractivity contribution in [1.82, 2.24) is 9.62 Å². The molecule has 1 aliphatic rings. The number of nitrogens with zero attached hydrogens (tertiary/aromatic N) is 1. The summed E-state index contributed by atoms with van der Waals surface area (Å²) in [6.45, 7) is 2.24. The molecule has 1 rings (SSSR count). The molecule has 7 nitrogen and oxygen atoms in total. The molecule has 1 aliphatic heterocycles. The van der Waals surface area contributed by atoms with Crippen LogP contribution in [0, 0.1) is 0 Å². The molecule has 0 aliphatic carbocycles. The summed E-state index contributed by atoms with van der Waals surface area (Å²) < 4.78 is 30.4. The number of aliphatic hydroxyl groups is 1. The molecule has 0 aromatic heterocycles. The summed E-state index contributed by atoms with van der Waals surface area (Å²) in [5, 5.41) is 11.3. The van der Waals surface area contributed by atoms with E-state index in [0.717, 1.165) is 19.3 Å². The monoisotopic (exact) mass is 308 g/mol. The molecule has 1 amide bonds. The normalized spacial score (nSPS) is 17.1. The lowest BCUT2D eigenvalue weighted by Crippen LogP contribution is -2.42. The van der Waals surface area contributed by atoms with Crippen molar-refractivity contribution >= 4 is 15.9 Å². The maximum atomic E-state index is 12.0. The minimum atomic E-state index is -3.36. The standard InChI is InChI=1S/C12H24N2O5S/c15-8-3-1-2-5-13-12(16)4-11-20(17,18)14-6-9-19-10-7-14/h15H,1-11H2,(H,13,16). The number of hydrogen-bond acceptors (Lipinski definition) is 5. The van der Waals surface area contributed by atoms with Crippen LogP contribution in [0.2, 0.25) is 0 Å². The number of carbonyl (C=O) groups excluding carboxylic acids is 1. The second-order valence-corrected chi connectivity index (χ2v) is 6.80. The molecule has 1 heterocycles. The van der Waals surface area contributed by atoms with Crippen molar-refractivity contribution in [2.75, 3.05) is 45.2 Å². The summed E-state index contributed by atoms with van der Waals surface area (Å²) in [6, 6.07) is 0. The number of rotatable bonds is 9. The van der Waals surface area contributed by atoms with Gasteiger partial charge in [0.05, 0.1) is 19.0 Å². The highest BCUT2D eigenvalue weighted by Crippen LogP contribution is 2.06. The Balaban J connectivity index is 2.18. The first-order valence-corrected chi connectivity index (χ1v) is 8.60. The molecule has 0 radical (unpaired) electrons. The number of nitrogens with one attached hydrogen (secondary N) is 1. The van der Waals surface area contributed by atoms with Gasteiger partial charge in [-0.05, 0) is 19.3 Å². The summed E-state index contributed by atoms with van der Waals surface area (Å²) in [6.07, 6.45) is 2.35. The molecule has 2 N–H and O–H groups in total. The number of hydrogen-bond donors (Lipinski definition) is 2. The Hall–Kier alpha value is -0.700. The van der Waals surface area contributed by atoms with Gasteiger partial charge < -0.3 is 15.2 Å². The maximum Gasteiger partial charge on any atom is 0.221 e. The lowest BCUT2D eigenvalue weighted by atomic mass is 10.2. The van der Waals surface area contributed by atoms with E-state index in [1.807, 2.05) is 0 Å². The summed E-state index contributed by atoms with van der Waals surface area (Å²) >= 11 is 0. The van der Waals surface area contributed by atoms with Crippen LogP contribution in [0.5, 0.6) is 0 Å². The highest BCUT2D eigenvalue weighted by molar-refractivity contribution is 7.89. The molecular formula is C12H24N2O5S. The molecule has 0 atom stereocenters. The first-order valence-electron chi connectivity index (χ1n) is 6.99. The molecule has 0 aromatic rings. The molecule has 20 heavy (non-hydrogen) atoms. The molecule has 118 valence electrons. The molecule has 0 bridgehead atoms. The van der Waals surface area contributed by atoms with Gasteiger partial charge in [0.2, 0.25) is 15.9 Å². The fourth-order valence-electron chi connectivity index (χ4n) is 1.91. The Kier molecular flexibility index (Phi) is 8.05. The SMILES string of the molecule is O=C(CCS(=O)(=O)N1CCOCC1)NCCCCCO. The van der Waals surface area contributed by atoms with Crippen molar-refractivity contribution in [3.8, 4) is 0 Å². The van der Waals surface area contributed by atoms with Crippen LogP contribution in [0.1, 0.15) is 25.7 Å². The highest BCUT2D eigenvalue weighted by atomic mass is 32.2. The van der Waals surface area contributed by atoms with Gasteiger partial charge in [0.1, 0.15) is 0 Å². The molecule has 1 fully saturated rings. The van der Waals surface area contributed by atoms with Crippen LogP contribution in [-0.2, 0) is 19.6 Å². The molecule has 0 aromatic carbocycles. The zero-order valence-electron chi connectivity index (χ0n) is 11.7. The Bertz CT molecular complexity index is 379. The lowest BCUT2D eigenvalue weighted by Gasteiger charge is -2.25. The molecule has 8 heteroatoms. The number of ether oxygens (including phenoxy) is 1. The number of amides is 1. The van der Waals surface area contributed by atoms with E-state index in [1.165, 1.54) is 4.31 Å². The summed E-state index contributed by atoms with van der Waals surface area (Å²) in [7, 11) is -3.36. The van der Waals surface area contributed by atoms with Crippen LogP contribution in [0.15, 0.2) is 0 Å². The van der Waals surface area contributed by atoms with Crippen molar-refractivity contribution in [1.29, 1.82) is 0 Å². The molecule has 0 saturated carbocycles. The first-order chi connectivity index (χ1) is 9.56. The smallest absolute Gasteiger partial charge is 0.221 e. The number of sulfonamides is 1. The largest absolute Gasteiger partial charge is 0.396 e. The minimum Gasteiger partial charge on any atom is -0.396 e. The van der Waals surface area contributed by atoms with Gasteiger partial charge in [-0.2, -0.15) is 4.31 Å². The summed E-state index contributed by atoms with van der Waals surface area (Å²) in [5.74, 6) is -0.402. The summed E-state index contributed by atoms with van der Waals surface area (Å²) in [5.41, 5.74) is 0. The van der Waals surface area contributed by atoms with Gasteiger partial charge in [-0.3, -0.25) is 4.79 Å². The van der Waals surface area contributed by atoms with Crippen molar-refractivity contribution < 1.29 is 23.1 Å². The van der Waals surface area contributed by atoms with Gasteiger partial charge in [-0.25, -0.2) is 8.42 Å². The number of aliphatic hydroxyl groups excluding tert-OH is 1. The average molecular weight is 308 g/mol. The van der Waals surface area contributed by atoms with Crippen LogP contribution >= 0.6 is 0 Å². The minimum absolute atomic E-state index is 0.0142. The Morgan fingerprint density at radius 3 is 2.55 bits per heavy atom. The van der Waals surface area contributed by atoms with Crippen LogP contribution in [-0.4, -0.2) is 68.9 Å². The van der Waals surface area contributed by atoms with Crippen LogP contribution in [0.3, 0.4) is 0 Å². The van der Waals surface area contributed by atoms with Crippen LogP contribution in [0.4, 0.5) is 0 Å². The Morgan fingerprint density at radius 1 is 1.20 bits per heavy atom. The summed E-state index contributed by atoms with van der Waals surface area (Å²) in [4.78, 5) is 11.5. The number of unbranched alkanes of at least 4 members (excludes halogenated alkanes) is 2. The third-order valence-electron chi connectivity index (χ3n) is 3.11. The van der Waals surface area contributed by atoms with Gasteiger partial charge in [-0.15, -0.1) is 0 Å². The average Bonchev–Trinajstić information content (AvgIpc) is 2.46. The van der Waals surface area contributed by atoms with Crippen molar-refractivity contribution in [2.45, 2.75) is 25.7 Å². The predicted octanol–water partition coefficient (Wildman–Crippen LogP) is -0.683. The number of carbonyl (C=O) groups is 1. The lowest BCUT2D eigenvalue weighted by molar-refractivity contribution is -0.120. The fourth-order valence-corrected chi connectivity index (χ4v) is 3.31. The molecule has 0 spiro atoms. The van der Waals surface area contributed by atoms with E-state index < -0.39 is 10.0 Å². The van der Waals surface area contributed by atoms with E-state index >= 15 is 0 Å². The Labute approximate surface area is 120 Å². The Morgan fingerprint density at radius 2 is 1.90 bits per heavy atom. The highest BCUT2D eigenvalue weighted by Gasteiger charge is 2.24. The second-order valence-electron chi connectivity index (χ2n) is 4.71.